The van der Waals surface area contributed by atoms with Crippen LogP contribution >= 0.6 is 0 Å². The molecule has 0 bridgehead atoms. The summed E-state index contributed by atoms with van der Waals surface area (Å²) in [6.07, 6.45) is 3.84. The molecule has 22 heavy (non-hydrogen) atoms. The fourth-order valence-corrected chi connectivity index (χ4v) is 1.92. The number of hydrogen-bond donors (Lipinski definition) is 1. The van der Waals surface area contributed by atoms with E-state index in [4.69, 9.17) is 0 Å². The van der Waals surface area contributed by atoms with Crippen LogP contribution in [0.3, 0.4) is 0 Å². The van der Waals surface area contributed by atoms with Gasteiger partial charge >= 0.3 is 0 Å². The van der Waals surface area contributed by atoms with Crippen LogP contribution in [0.5, 0.6) is 0 Å². The molecule has 0 unspecified atom stereocenters. The topological polar surface area (TPSA) is 72.2 Å². The smallest absolute Gasteiger partial charge is 0.270 e. The first kappa shape index (κ1) is 15.4. The minimum atomic E-state index is -0.466. The number of amides is 1. The number of nitro groups is 1. The van der Waals surface area contributed by atoms with Gasteiger partial charge in [-0.1, -0.05) is 31.2 Å². The molecule has 1 amide bonds. The van der Waals surface area contributed by atoms with E-state index in [2.05, 4.69) is 12.2 Å². The first-order valence-electron chi connectivity index (χ1n) is 6.91. The quantitative estimate of drug-likeness (QED) is 0.518. The zero-order chi connectivity index (χ0) is 15.9. The number of benzene rings is 2. The maximum atomic E-state index is 11.8. The molecule has 0 spiro atoms. The minimum absolute atomic E-state index is 0.00212. The number of nitrogens with one attached hydrogen (secondary N) is 1. The Balaban J connectivity index is 2.01. The molecule has 0 aliphatic heterocycles. The van der Waals surface area contributed by atoms with Crippen molar-refractivity contribution in [1.29, 1.82) is 0 Å². The second-order valence-corrected chi connectivity index (χ2v) is 4.73. The minimum Gasteiger partial charge on any atom is -0.323 e. The highest BCUT2D eigenvalue weighted by atomic mass is 16.6. The number of carbonyl (C=O) groups excluding carboxylic acids is 1. The number of rotatable bonds is 5. The lowest BCUT2D eigenvalue weighted by Gasteiger charge is -2.03. The Kier molecular flexibility index (Phi) is 5.03. The lowest BCUT2D eigenvalue weighted by atomic mass is 10.1. The van der Waals surface area contributed by atoms with Crippen molar-refractivity contribution in [3.05, 3.63) is 75.8 Å². The Bertz CT molecular complexity index is 706. The summed E-state index contributed by atoms with van der Waals surface area (Å²) in [5.74, 6) is -0.282. The first-order valence-corrected chi connectivity index (χ1v) is 6.91. The van der Waals surface area contributed by atoms with Gasteiger partial charge in [-0.25, -0.2) is 0 Å². The van der Waals surface area contributed by atoms with E-state index in [1.54, 1.807) is 18.2 Å². The number of nitro benzene ring substituents is 1. The van der Waals surface area contributed by atoms with Crippen molar-refractivity contribution >= 4 is 23.4 Å². The molecular formula is C17H16N2O3. The van der Waals surface area contributed by atoms with Crippen molar-refractivity contribution in [2.24, 2.45) is 0 Å². The molecule has 0 aliphatic carbocycles. The van der Waals surface area contributed by atoms with Crippen LogP contribution in [0.1, 0.15) is 18.1 Å². The fourth-order valence-electron chi connectivity index (χ4n) is 1.92. The van der Waals surface area contributed by atoms with Crippen LogP contribution < -0.4 is 5.32 Å². The van der Waals surface area contributed by atoms with Crippen LogP contribution in [0.25, 0.3) is 6.08 Å². The van der Waals surface area contributed by atoms with Gasteiger partial charge in [0.05, 0.1) is 4.92 Å². The van der Waals surface area contributed by atoms with Crippen LogP contribution in [0.15, 0.2) is 54.6 Å². The zero-order valence-electron chi connectivity index (χ0n) is 12.2. The first-order chi connectivity index (χ1) is 10.6. The second kappa shape index (κ2) is 7.17. The summed E-state index contributed by atoms with van der Waals surface area (Å²) >= 11 is 0. The molecular weight excluding hydrogens is 280 g/mol. The van der Waals surface area contributed by atoms with E-state index in [1.807, 2.05) is 24.3 Å². The van der Waals surface area contributed by atoms with Crippen molar-refractivity contribution in [3.8, 4) is 0 Å². The molecule has 5 nitrogen and oxygen atoms in total. The molecule has 0 saturated carbocycles. The average Bonchev–Trinajstić information content (AvgIpc) is 2.54. The number of nitrogens with zero attached hydrogens (tertiary/aromatic N) is 1. The van der Waals surface area contributed by atoms with Gasteiger partial charge in [-0.3, -0.25) is 14.9 Å². The summed E-state index contributed by atoms with van der Waals surface area (Å²) in [5.41, 5.74) is 2.51. The van der Waals surface area contributed by atoms with Crippen molar-refractivity contribution in [1.82, 2.24) is 0 Å². The van der Waals surface area contributed by atoms with Crippen LogP contribution in [0.4, 0.5) is 11.4 Å². The van der Waals surface area contributed by atoms with Crippen LogP contribution in [0, 0.1) is 10.1 Å². The molecule has 0 aromatic heterocycles. The molecule has 112 valence electrons. The van der Waals surface area contributed by atoms with E-state index >= 15 is 0 Å². The Morgan fingerprint density at radius 2 is 1.95 bits per heavy atom. The Morgan fingerprint density at radius 1 is 1.23 bits per heavy atom. The number of non-ortho nitro benzene ring substituents is 1. The molecule has 0 aliphatic rings. The molecule has 2 aromatic rings. The third-order valence-corrected chi connectivity index (χ3v) is 3.14. The van der Waals surface area contributed by atoms with Crippen molar-refractivity contribution < 1.29 is 9.72 Å². The van der Waals surface area contributed by atoms with E-state index in [-0.39, 0.29) is 11.6 Å². The molecule has 0 radical (unpaired) electrons. The summed E-state index contributed by atoms with van der Waals surface area (Å²) < 4.78 is 0. The largest absolute Gasteiger partial charge is 0.323 e. The van der Waals surface area contributed by atoms with Gasteiger partial charge in [0.1, 0.15) is 0 Å². The molecule has 0 heterocycles. The molecule has 0 atom stereocenters. The van der Waals surface area contributed by atoms with E-state index in [0.29, 0.717) is 11.3 Å². The predicted octanol–water partition coefficient (Wildman–Crippen LogP) is 3.81. The van der Waals surface area contributed by atoms with Crippen molar-refractivity contribution in [2.75, 3.05) is 5.32 Å². The summed E-state index contributed by atoms with van der Waals surface area (Å²) in [7, 11) is 0. The van der Waals surface area contributed by atoms with Crippen molar-refractivity contribution in [2.45, 2.75) is 13.3 Å². The third-order valence-electron chi connectivity index (χ3n) is 3.14. The maximum absolute atomic E-state index is 11.8. The SMILES string of the molecule is CCc1ccc(NC(=O)C=Cc2cccc([N+](=O)[O-])c2)cc1. The summed E-state index contributed by atoms with van der Waals surface area (Å²) in [6, 6.07) is 13.7. The number of carbonyl (C=O) groups is 1. The van der Waals surface area contributed by atoms with E-state index in [1.165, 1.54) is 23.8 Å². The number of anilines is 1. The molecule has 5 heteroatoms. The van der Waals surface area contributed by atoms with E-state index in [9.17, 15) is 14.9 Å². The Labute approximate surface area is 128 Å². The van der Waals surface area contributed by atoms with Gasteiger partial charge in [0, 0.05) is 23.9 Å². The van der Waals surface area contributed by atoms with Gasteiger partial charge in [0.25, 0.3) is 5.69 Å². The summed E-state index contributed by atoms with van der Waals surface area (Å²) in [6.45, 7) is 2.06. The van der Waals surface area contributed by atoms with Gasteiger partial charge < -0.3 is 5.32 Å². The summed E-state index contributed by atoms with van der Waals surface area (Å²) in [4.78, 5) is 22.0. The molecule has 1 N–H and O–H groups in total. The predicted molar refractivity (Wildman–Crippen MR) is 86.6 cm³/mol. The normalized spacial score (nSPS) is 10.6. The highest BCUT2D eigenvalue weighted by molar-refractivity contribution is 6.01. The highest BCUT2D eigenvalue weighted by Gasteiger charge is 2.04. The third kappa shape index (κ3) is 4.28. The lowest BCUT2D eigenvalue weighted by molar-refractivity contribution is -0.384. The van der Waals surface area contributed by atoms with Gasteiger partial charge in [-0.2, -0.15) is 0 Å². The standard InChI is InChI=1S/C17H16N2O3/c1-2-13-6-9-15(10-7-13)18-17(20)11-8-14-4-3-5-16(12-14)19(21)22/h3-12H,2H2,1H3,(H,18,20). The van der Waals surface area contributed by atoms with Gasteiger partial charge in [-0.15, -0.1) is 0 Å². The molecule has 2 rings (SSSR count). The maximum Gasteiger partial charge on any atom is 0.270 e. The van der Waals surface area contributed by atoms with Gasteiger partial charge in [0.15, 0.2) is 0 Å². The van der Waals surface area contributed by atoms with Gasteiger partial charge in [-0.05, 0) is 35.8 Å². The van der Waals surface area contributed by atoms with Crippen LogP contribution in [-0.4, -0.2) is 10.8 Å². The Morgan fingerprint density at radius 3 is 2.59 bits per heavy atom. The zero-order valence-corrected chi connectivity index (χ0v) is 12.2. The van der Waals surface area contributed by atoms with Crippen molar-refractivity contribution in [3.63, 3.8) is 0 Å². The number of aryl methyl sites for hydroxylation is 1. The van der Waals surface area contributed by atoms with E-state index in [0.717, 1.165) is 6.42 Å². The second-order valence-electron chi connectivity index (χ2n) is 4.73. The molecule has 0 fully saturated rings. The monoisotopic (exact) mass is 296 g/mol. The van der Waals surface area contributed by atoms with Gasteiger partial charge in [0.2, 0.25) is 5.91 Å². The van der Waals surface area contributed by atoms with Crippen LogP contribution in [-0.2, 0) is 11.2 Å². The van der Waals surface area contributed by atoms with Crippen LogP contribution in [0.2, 0.25) is 0 Å². The Hall–Kier alpha value is -2.95. The highest BCUT2D eigenvalue weighted by Crippen LogP contribution is 2.14. The lowest BCUT2D eigenvalue weighted by Crippen LogP contribution is -2.07. The average molecular weight is 296 g/mol. The summed E-state index contributed by atoms with van der Waals surface area (Å²) in [5, 5.41) is 13.4. The molecule has 2 aromatic carbocycles. The van der Waals surface area contributed by atoms with E-state index < -0.39 is 4.92 Å². The number of hydrogen-bond acceptors (Lipinski definition) is 3. The molecule has 0 saturated heterocycles. The fraction of sp³-hybridized carbons (Fsp3) is 0.118.